The molecule has 0 spiro atoms. The van der Waals surface area contributed by atoms with Crippen molar-refractivity contribution in [3.8, 4) is 5.75 Å². The minimum absolute atomic E-state index is 0.0288. The van der Waals surface area contributed by atoms with E-state index < -0.39 is 32.1 Å². The number of hydrogen-bond acceptors (Lipinski definition) is 8. The number of anilines is 1. The molecular formula is C32H38BrCl2N3O7S3. The SMILES string of the molecule is O=C(O)C(Cc1ccc(O)cc1)NS(=O)(=O)c1ccc(N2CCC(CCCC3CCN(S(=O)(=O)c4cc(Br)c(Cl)s4)CC3)CC2)c(Cl)c1. The maximum Gasteiger partial charge on any atom is 0.322 e. The van der Waals surface area contributed by atoms with Crippen LogP contribution >= 0.6 is 50.5 Å². The minimum Gasteiger partial charge on any atom is -0.508 e. The van der Waals surface area contributed by atoms with Gasteiger partial charge in [0.25, 0.3) is 10.0 Å². The van der Waals surface area contributed by atoms with Gasteiger partial charge in [-0.15, -0.1) is 11.3 Å². The maximum atomic E-state index is 13.1. The van der Waals surface area contributed by atoms with E-state index in [1.807, 2.05) is 0 Å². The highest BCUT2D eigenvalue weighted by Crippen LogP contribution is 2.38. The predicted molar refractivity (Wildman–Crippen MR) is 192 cm³/mol. The van der Waals surface area contributed by atoms with Crippen LogP contribution in [0.15, 0.2) is 62.1 Å². The topological polar surface area (TPSA) is 144 Å². The second-order valence-corrected chi connectivity index (χ2v) is 19.2. The highest BCUT2D eigenvalue weighted by atomic mass is 79.9. The lowest BCUT2D eigenvalue weighted by molar-refractivity contribution is -0.138. The van der Waals surface area contributed by atoms with E-state index in [0.29, 0.717) is 39.3 Å². The Kier molecular flexibility index (Phi) is 12.4. The number of aliphatic carboxylic acids is 1. The van der Waals surface area contributed by atoms with Crippen LogP contribution in [0.3, 0.4) is 0 Å². The molecule has 2 aromatic carbocycles. The lowest BCUT2D eigenvalue weighted by Crippen LogP contribution is -2.42. The number of carboxylic acid groups (broad SMARTS) is 1. The van der Waals surface area contributed by atoms with E-state index >= 15 is 0 Å². The summed E-state index contributed by atoms with van der Waals surface area (Å²) < 4.78 is 57.4. The van der Waals surface area contributed by atoms with E-state index in [1.165, 1.54) is 24.3 Å². The highest BCUT2D eigenvalue weighted by molar-refractivity contribution is 9.10. The van der Waals surface area contributed by atoms with Gasteiger partial charge in [-0.25, -0.2) is 16.8 Å². The molecule has 2 aliphatic heterocycles. The third-order valence-electron chi connectivity index (χ3n) is 9.17. The number of sulfonamides is 2. The quantitative estimate of drug-likeness (QED) is 0.168. The van der Waals surface area contributed by atoms with Crippen LogP contribution in [-0.4, -0.2) is 69.5 Å². The van der Waals surface area contributed by atoms with Crippen LogP contribution in [0.25, 0.3) is 0 Å². The van der Waals surface area contributed by atoms with Crippen molar-refractivity contribution in [1.29, 1.82) is 0 Å². The van der Waals surface area contributed by atoms with Crippen LogP contribution in [0.2, 0.25) is 9.36 Å². The Morgan fingerprint density at radius 3 is 2.08 bits per heavy atom. The summed E-state index contributed by atoms with van der Waals surface area (Å²) in [7, 11) is -7.70. The monoisotopic (exact) mass is 821 g/mol. The third-order valence-corrected chi connectivity index (χ3v) is 15.8. The number of thiophene rings is 1. The van der Waals surface area contributed by atoms with E-state index in [0.717, 1.165) is 75.1 Å². The summed E-state index contributed by atoms with van der Waals surface area (Å²) in [5.74, 6) is -0.200. The minimum atomic E-state index is -4.18. The number of aromatic hydroxyl groups is 1. The van der Waals surface area contributed by atoms with Gasteiger partial charge >= 0.3 is 5.97 Å². The summed E-state index contributed by atoms with van der Waals surface area (Å²) in [6, 6.07) is 10.6. The van der Waals surface area contributed by atoms with Crippen LogP contribution in [-0.2, 0) is 31.3 Å². The number of nitrogens with one attached hydrogen (secondary N) is 1. The Morgan fingerprint density at radius 1 is 0.938 bits per heavy atom. The van der Waals surface area contributed by atoms with Gasteiger partial charge in [0, 0.05) is 30.7 Å². The molecule has 1 atom stereocenters. The van der Waals surface area contributed by atoms with Gasteiger partial charge in [-0.2, -0.15) is 9.03 Å². The number of phenolic OH excluding ortho intramolecular Hbond substituents is 1. The van der Waals surface area contributed by atoms with Crippen molar-refractivity contribution in [2.45, 2.75) is 66.5 Å². The summed E-state index contributed by atoms with van der Waals surface area (Å²) in [5.41, 5.74) is 1.30. The summed E-state index contributed by atoms with van der Waals surface area (Å²) >= 11 is 17.0. The zero-order valence-corrected chi connectivity index (χ0v) is 31.6. The van der Waals surface area contributed by atoms with Gasteiger partial charge in [-0.05, 0) is 102 Å². The Balaban J connectivity index is 1.07. The zero-order valence-electron chi connectivity index (χ0n) is 26.0. The molecule has 0 aliphatic carbocycles. The lowest BCUT2D eigenvalue weighted by atomic mass is 9.87. The highest BCUT2D eigenvalue weighted by Gasteiger charge is 2.32. The van der Waals surface area contributed by atoms with Crippen LogP contribution in [0.1, 0.15) is 50.5 Å². The Bertz CT molecular complexity index is 1790. The van der Waals surface area contributed by atoms with Crippen molar-refractivity contribution in [2.24, 2.45) is 11.8 Å². The van der Waals surface area contributed by atoms with Crippen molar-refractivity contribution in [2.75, 3.05) is 31.1 Å². The maximum absolute atomic E-state index is 13.1. The number of carbonyl (C=O) groups is 1. The molecule has 0 bridgehead atoms. The smallest absolute Gasteiger partial charge is 0.322 e. The van der Waals surface area contributed by atoms with Crippen LogP contribution in [0, 0.1) is 11.8 Å². The molecule has 16 heteroatoms. The van der Waals surface area contributed by atoms with Gasteiger partial charge in [0.1, 0.15) is 20.3 Å². The van der Waals surface area contributed by atoms with Crippen molar-refractivity contribution in [1.82, 2.24) is 9.03 Å². The summed E-state index contributed by atoms with van der Waals surface area (Å²) in [6.45, 7) is 2.63. The fourth-order valence-electron chi connectivity index (χ4n) is 6.39. The molecule has 0 radical (unpaired) electrons. The average molecular weight is 824 g/mol. The molecule has 262 valence electrons. The summed E-state index contributed by atoms with van der Waals surface area (Å²) in [4.78, 5) is 13.9. The molecule has 3 aromatic rings. The number of rotatable bonds is 13. The fourth-order valence-corrected chi connectivity index (χ4v) is 11.9. The van der Waals surface area contributed by atoms with Gasteiger partial charge in [0.2, 0.25) is 10.0 Å². The number of nitrogens with zero attached hydrogens (tertiary/aromatic N) is 2. The zero-order chi connectivity index (χ0) is 34.6. The van der Waals surface area contributed by atoms with E-state index in [9.17, 15) is 31.8 Å². The largest absolute Gasteiger partial charge is 0.508 e. The molecule has 2 fully saturated rings. The van der Waals surface area contributed by atoms with Crippen LogP contribution in [0.5, 0.6) is 5.75 Å². The van der Waals surface area contributed by atoms with Gasteiger partial charge < -0.3 is 15.1 Å². The van der Waals surface area contributed by atoms with Crippen molar-refractivity contribution in [3.05, 3.63) is 67.9 Å². The molecule has 48 heavy (non-hydrogen) atoms. The summed E-state index contributed by atoms with van der Waals surface area (Å²) in [5, 5.41) is 19.4. The molecule has 3 N–H and O–H groups in total. The molecule has 3 heterocycles. The Hall–Kier alpha value is -1.91. The number of hydrogen-bond donors (Lipinski definition) is 3. The average Bonchev–Trinajstić information content (AvgIpc) is 3.40. The molecule has 5 rings (SSSR count). The molecule has 0 saturated carbocycles. The van der Waals surface area contributed by atoms with Crippen molar-refractivity contribution in [3.63, 3.8) is 0 Å². The number of benzene rings is 2. The molecule has 2 aliphatic rings. The molecule has 2 saturated heterocycles. The van der Waals surface area contributed by atoms with Crippen LogP contribution in [0.4, 0.5) is 5.69 Å². The number of carboxylic acids is 1. The van der Waals surface area contributed by atoms with E-state index in [-0.39, 0.29) is 26.3 Å². The van der Waals surface area contributed by atoms with Crippen LogP contribution < -0.4 is 9.62 Å². The molecule has 1 aromatic heterocycles. The number of piperidine rings is 2. The first-order chi connectivity index (χ1) is 22.7. The molecule has 10 nitrogen and oxygen atoms in total. The van der Waals surface area contributed by atoms with Gasteiger partial charge in [-0.1, -0.05) is 54.6 Å². The summed E-state index contributed by atoms with van der Waals surface area (Å²) in [6.07, 6.45) is 6.89. The predicted octanol–water partition coefficient (Wildman–Crippen LogP) is 6.98. The number of halogens is 3. The van der Waals surface area contributed by atoms with Crippen molar-refractivity contribution < 1.29 is 31.8 Å². The normalized spacial score (nSPS) is 17.9. The lowest BCUT2D eigenvalue weighted by Gasteiger charge is -2.35. The van der Waals surface area contributed by atoms with Crippen molar-refractivity contribution >= 4 is 82.2 Å². The molecule has 0 amide bonds. The standard InChI is InChI=1S/C32H38BrCl2N3O7S3/c33-26-20-30(46-31(26)35)48(44,45)38-16-12-22(13-17-38)3-1-2-21-10-14-37(15-11-21)29-9-8-25(19-27(29)34)47(42,43)36-28(32(40)41)18-23-4-6-24(39)7-5-23/h4-9,19-22,28,36,39H,1-3,10-18H2,(H,40,41). The molecule has 1 unspecified atom stereocenters. The molecular weight excluding hydrogens is 785 g/mol. The number of phenols is 1. The second-order valence-electron chi connectivity index (χ2n) is 12.4. The van der Waals surface area contributed by atoms with Gasteiger partial charge in [-0.3, -0.25) is 4.79 Å². The van der Waals surface area contributed by atoms with Gasteiger partial charge in [0.05, 0.1) is 15.6 Å². The second kappa shape index (κ2) is 16.0. The Labute approximate surface area is 304 Å². The first-order valence-corrected chi connectivity index (χ1v) is 21.0. The third kappa shape index (κ3) is 9.25. The fraction of sp³-hybridized carbons (Fsp3) is 0.469. The Morgan fingerprint density at radius 2 is 1.54 bits per heavy atom. The first-order valence-electron chi connectivity index (χ1n) is 15.8. The first kappa shape index (κ1) is 37.3. The van der Waals surface area contributed by atoms with E-state index in [4.69, 9.17) is 23.2 Å². The van der Waals surface area contributed by atoms with Gasteiger partial charge in [0.15, 0.2) is 0 Å². The van der Waals surface area contributed by atoms with E-state index in [1.54, 1.807) is 28.6 Å². The van der Waals surface area contributed by atoms with E-state index in [2.05, 4.69) is 25.6 Å².